The lowest BCUT2D eigenvalue weighted by Crippen LogP contribution is -2.21. The van der Waals surface area contributed by atoms with E-state index in [0.717, 1.165) is 12.0 Å². The first-order valence-corrected chi connectivity index (χ1v) is 6.69. The Bertz CT molecular complexity index is 443. The van der Waals surface area contributed by atoms with Gasteiger partial charge < -0.3 is 14.7 Å². The molecule has 6 nitrogen and oxygen atoms in total. The number of benzene rings is 1. The van der Waals surface area contributed by atoms with Crippen molar-refractivity contribution in [1.29, 1.82) is 0 Å². The highest BCUT2D eigenvalue weighted by Gasteiger charge is 2.04. The standard InChI is InChI=1S/C9H11NO.C4H9NO.C3H7NO/c1-10(2)9(11)8-6-4-3-5-7-8;1-4(6)5(2)3;1-4(2)3-5/h3-7H,1-2H3;1-3H3;3H,1-2H3. The first-order valence-electron chi connectivity index (χ1n) is 6.69. The van der Waals surface area contributed by atoms with E-state index < -0.39 is 0 Å². The minimum Gasteiger partial charge on any atom is -0.351 e. The molecule has 0 fully saturated rings. The van der Waals surface area contributed by atoms with Gasteiger partial charge in [0.1, 0.15) is 0 Å². The van der Waals surface area contributed by atoms with Crippen LogP contribution < -0.4 is 0 Å². The van der Waals surface area contributed by atoms with Gasteiger partial charge in [-0.2, -0.15) is 0 Å². The third-order valence-electron chi connectivity index (χ3n) is 2.27. The lowest BCUT2D eigenvalue weighted by molar-refractivity contribution is -0.126. The van der Waals surface area contributed by atoms with E-state index in [-0.39, 0.29) is 11.8 Å². The Balaban J connectivity index is 0. The van der Waals surface area contributed by atoms with Gasteiger partial charge >= 0.3 is 0 Å². The molecule has 3 amide bonds. The van der Waals surface area contributed by atoms with Crippen molar-refractivity contribution < 1.29 is 14.4 Å². The van der Waals surface area contributed by atoms with Crippen LogP contribution in [0.2, 0.25) is 0 Å². The van der Waals surface area contributed by atoms with Crippen molar-refractivity contribution in [2.24, 2.45) is 0 Å². The van der Waals surface area contributed by atoms with Crippen LogP contribution in [0.3, 0.4) is 0 Å². The predicted molar refractivity (Wildman–Crippen MR) is 88.6 cm³/mol. The zero-order valence-electron chi connectivity index (χ0n) is 14.5. The fourth-order valence-electron chi connectivity index (χ4n) is 0.839. The number of carbonyl (C=O) groups excluding carboxylic acids is 3. The summed E-state index contributed by atoms with van der Waals surface area (Å²) in [6, 6.07) is 9.23. The number of hydrogen-bond acceptors (Lipinski definition) is 3. The summed E-state index contributed by atoms with van der Waals surface area (Å²) in [5, 5.41) is 0. The Hall–Kier alpha value is -2.37. The number of amides is 3. The maximum absolute atomic E-state index is 11.3. The van der Waals surface area contributed by atoms with Crippen molar-refractivity contribution in [3.63, 3.8) is 0 Å². The lowest BCUT2D eigenvalue weighted by atomic mass is 10.2. The van der Waals surface area contributed by atoms with Crippen molar-refractivity contribution in [2.75, 3.05) is 42.3 Å². The molecule has 22 heavy (non-hydrogen) atoms. The van der Waals surface area contributed by atoms with E-state index in [1.54, 1.807) is 47.2 Å². The molecule has 0 radical (unpaired) electrons. The monoisotopic (exact) mass is 309 g/mol. The van der Waals surface area contributed by atoms with E-state index in [4.69, 9.17) is 0 Å². The molecule has 0 N–H and O–H groups in total. The third-order valence-corrected chi connectivity index (χ3v) is 2.27. The number of hydrogen-bond donors (Lipinski definition) is 0. The molecular formula is C16H27N3O3. The van der Waals surface area contributed by atoms with E-state index in [9.17, 15) is 14.4 Å². The van der Waals surface area contributed by atoms with E-state index in [1.165, 1.54) is 16.7 Å². The summed E-state index contributed by atoms with van der Waals surface area (Å²) < 4.78 is 0. The van der Waals surface area contributed by atoms with E-state index >= 15 is 0 Å². The lowest BCUT2D eigenvalue weighted by Gasteiger charge is -2.08. The van der Waals surface area contributed by atoms with Crippen molar-refractivity contribution in [3.8, 4) is 0 Å². The Labute approximate surface area is 133 Å². The minimum absolute atomic E-state index is 0.0469. The smallest absolute Gasteiger partial charge is 0.253 e. The predicted octanol–water partition coefficient (Wildman–Crippen LogP) is 1.19. The van der Waals surface area contributed by atoms with Gasteiger partial charge in [0, 0.05) is 54.8 Å². The number of nitrogens with zero attached hydrogens (tertiary/aromatic N) is 3. The van der Waals surface area contributed by atoms with Crippen molar-refractivity contribution in [2.45, 2.75) is 6.92 Å². The second kappa shape index (κ2) is 12.4. The van der Waals surface area contributed by atoms with Crippen LogP contribution in [0, 0.1) is 0 Å². The van der Waals surface area contributed by atoms with Crippen molar-refractivity contribution in [1.82, 2.24) is 14.7 Å². The van der Waals surface area contributed by atoms with Crippen LogP contribution in [0.25, 0.3) is 0 Å². The summed E-state index contributed by atoms with van der Waals surface area (Å²) in [7, 11) is 10.3. The summed E-state index contributed by atoms with van der Waals surface area (Å²) in [5.41, 5.74) is 0.734. The second-order valence-electron chi connectivity index (χ2n) is 5.05. The molecule has 0 unspecified atom stereocenters. The highest BCUT2D eigenvalue weighted by molar-refractivity contribution is 5.93. The van der Waals surface area contributed by atoms with Gasteiger partial charge in [-0.1, -0.05) is 18.2 Å². The summed E-state index contributed by atoms with van der Waals surface area (Å²) in [6.07, 6.45) is 0.750. The van der Waals surface area contributed by atoms with Gasteiger partial charge in [0.25, 0.3) is 5.91 Å². The summed E-state index contributed by atoms with van der Waals surface area (Å²) in [6.45, 7) is 1.53. The highest BCUT2D eigenvalue weighted by atomic mass is 16.2. The molecule has 0 saturated heterocycles. The van der Waals surface area contributed by atoms with Gasteiger partial charge in [-0.25, -0.2) is 0 Å². The molecule has 0 bridgehead atoms. The Morgan fingerprint density at radius 3 is 1.45 bits per heavy atom. The Morgan fingerprint density at radius 1 is 0.864 bits per heavy atom. The largest absolute Gasteiger partial charge is 0.351 e. The van der Waals surface area contributed by atoms with Crippen LogP contribution in [0.4, 0.5) is 0 Å². The van der Waals surface area contributed by atoms with Crippen molar-refractivity contribution >= 4 is 18.2 Å². The summed E-state index contributed by atoms with van der Waals surface area (Å²) in [4.78, 5) is 35.3. The second-order valence-corrected chi connectivity index (χ2v) is 5.05. The summed E-state index contributed by atoms with van der Waals surface area (Å²) in [5.74, 6) is 0.139. The van der Waals surface area contributed by atoms with E-state index in [2.05, 4.69) is 0 Å². The molecule has 0 saturated carbocycles. The average Bonchev–Trinajstić information content (AvgIpc) is 2.48. The third kappa shape index (κ3) is 12.7. The molecule has 0 heterocycles. The molecule has 1 aromatic carbocycles. The molecule has 0 atom stereocenters. The van der Waals surface area contributed by atoms with Gasteiger partial charge in [-0.3, -0.25) is 14.4 Å². The molecular weight excluding hydrogens is 282 g/mol. The summed E-state index contributed by atoms with van der Waals surface area (Å²) >= 11 is 0. The quantitative estimate of drug-likeness (QED) is 0.771. The maximum Gasteiger partial charge on any atom is 0.253 e. The van der Waals surface area contributed by atoms with Crippen LogP contribution in [0.1, 0.15) is 17.3 Å². The zero-order chi connectivity index (χ0) is 17.7. The first-order chi connectivity index (χ1) is 10.1. The van der Waals surface area contributed by atoms with Gasteiger partial charge in [-0.05, 0) is 12.1 Å². The molecule has 0 spiro atoms. The van der Waals surface area contributed by atoms with Crippen LogP contribution in [-0.4, -0.2) is 75.2 Å². The van der Waals surface area contributed by atoms with Crippen LogP contribution in [-0.2, 0) is 9.59 Å². The molecule has 124 valence electrons. The van der Waals surface area contributed by atoms with Crippen LogP contribution in [0.5, 0.6) is 0 Å². The SMILES string of the molecule is CC(=O)N(C)C.CN(C)C(=O)c1ccccc1.CN(C)C=O. The highest BCUT2D eigenvalue weighted by Crippen LogP contribution is 2.00. The number of rotatable bonds is 2. The maximum atomic E-state index is 11.3. The molecule has 1 aromatic rings. The molecule has 1 rings (SSSR count). The Morgan fingerprint density at radius 2 is 1.23 bits per heavy atom. The van der Waals surface area contributed by atoms with Gasteiger partial charge in [0.05, 0.1) is 0 Å². The topological polar surface area (TPSA) is 60.9 Å². The van der Waals surface area contributed by atoms with Crippen LogP contribution >= 0.6 is 0 Å². The molecule has 0 aliphatic heterocycles. The fraction of sp³-hybridized carbons (Fsp3) is 0.438. The molecule has 6 heteroatoms. The molecule has 0 aromatic heterocycles. The number of carbonyl (C=O) groups is 3. The fourth-order valence-corrected chi connectivity index (χ4v) is 0.839. The molecule has 0 aliphatic carbocycles. The Kier molecular flexibility index (Phi) is 12.3. The first kappa shape index (κ1) is 21.9. The minimum atomic E-state index is 0.0469. The zero-order valence-corrected chi connectivity index (χ0v) is 14.5. The van der Waals surface area contributed by atoms with E-state index in [0.29, 0.717) is 0 Å². The van der Waals surface area contributed by atoms with Crippen molar-refractivity contribution in [3.05, 3.63) is 35.9 Å². The van der Waals surface area contributed by atoms with Gasteiger partial charge in [0.2, 0.25) is 12.3 Å². The average molecular weight is 309 g/mol. The van der Waals surface area contributed by atoms with Gasteiger partial charge in [0.15, 0.2) is 0 Å². The normalized spacial score (nSPS) is 8.32. The molecule has 0 aliphatic rings. The van der Waals surface area contributed by atoms with Crippen LogP contribution in [0.15, 0.2) is 30.3 Å². The van der Waals surface area contributed by atoms with Gasteiger partial charge in [-0.15, -0.1) is 0 Å². The van der Waals surface area contributed by atoms with E-state index in [1.807, 2.05) is 30.3 Å².